The summed E-state index contributed by atoms with van der Waals surface area (Å²) in [7, 11) is -3.28. The minimum Gasteiger partial charge on any atom is -0.376 e. The minimum atomic E-state index is -3.28. The summed E-state index contributed by atoms with van der Waals surface area (Å²) in [5, 5.41) is 0. The quantitative estimate of drug-likeness (QED) is 0.750. The molecule has 0 saturated carbocycles. The van der Waals surface area contributed by atoms with E-state index in [9.17, 15) is 4.57 Å². The molecule has 3 fully saturated rings. The molecule has 3 saturated heterocycles. The molecular formula is C14H25O5P. The van der Waals surface area contributed by atoms with Gasteiger partial charge in [-0.15, -0.1) is 0 Å². The van der Waals surface area contributed by atoms with Gasteiger partial charge in [0.15, 0.2) is 0 Å². The highest BCUT2D eigenvalue weighted by Gasteiger charge is 2.43. The van der Waals surface area contributed by atoms with Crippen LogP contribution in [0.1, 0.15) is 43.6 Å². The van der Waals surface area contributed by atoms with Crippen LogP contribution in [-0.4, -0.2) is 43.7 Å². The van der Waals surface area contributed by atoms with Crippen molar-refractivity contribution in [3.05, 3.63) is 0 Å². The Kier molecular flexibility index (Phi) is 3.52. The highest BCUT2D eigenvalue weighted by molar-refractivity contribution is 7.53. The molecule has 0 aliphatic carbocycles. The molecule has 3 heterocycles. The van der Waals surface area contributed by atoms with Gasteiger partial charge < -0.3 is 18.5 Å². The second-order valence-corrected chi connectivity index (χ2v) is 7.91. The average molecular weight is 309 g/mol. The monoisotopic (exact) mass is 309 g/mol. The van der Waals surface area contributed by atoms with Crippen molar-refractivity contribution in [2.45, 2.75) is 63.9 Å². The van der Waals surface area contributed by atoms with Crippen molar-refractivity contribution in [1.82, 2.24) is 0 Å². The fourth-order valence-corrected chi connectivity index (χ4v) is 5.07. The van der Waals surface area contributed by atoms with Crippen molar-refractivity contribution >= 4 is 7.60 Å². The van der Waals surface area contributed by atoms with Crippen LogP contribution in [0.2, 0.25) is 0 Å². The van der Waals surface area contributed by atoms with E-state index in [4.69, 9.17) is 22.6 Å². The van der Waals surface area contributed by atoms with E-state index in [0.29, 0.717) is 19.0 Å². The maximum Gasteiger partial charge on any atom is 0.331 e. The number of hydrogen-bond acceptors (Lipinski definition) is 5. The minimum absolute atomic E-state index is 0.0211. The molecule has 0 unspecified atom stereocenters. The predicted molar refractivity (Wildman–Crippen MR) is 75.0 cm³/mol. The zero-order valence-electron chi connectivity index (χ0n) is 14.8. The Hall–Kier alpha value is 0.0700. The lowest BCUT2D eigenvalue weighted by Crippen LogP contribution is -2.35. The van der Waals surface area contributed by atoms with Crippen LogP contribution in [0.4, 0.5) is 0 Å². The molecule has 116 valence electrons. The Morgan fingerprint density at radius 2 is 2.20 bits per heavy atom. The summed E-state index contributed by atoms with van der Waals surface area (Å²) in [5.41, 5.74) is 0. The summed E-state index contributed by atoms with van der Waals surface area (Å²) in [4.78, 5) is 0. The van der Waals surface area contributed by atoms with Crippen LogP contribution in [0.5, 0.6) is 0 Å². The van der Waals surface area contributed by atoms with Crippen LogP contribution in [0.25, 0.3) is 0 Å². The Morgan fingerprint density at radius 3 is 2.95 bits per heavy atom. The maximum absolute atomic E-state index is 13.0. The molecule has 0 amide bonds. The molecule has 0 aromatic heterocycles. The van der Waals surface area contributed by atoms with E-state index >= 15 is 0 Å². The van der Waals surface area contributed by atoms with E-state index < -0.39 is 33.0 Å². The highest BCUT2D eigenvalue weighted by Crippen LogP contribution is 2.56. The lowest BCUT2D eigenvalue weighted by atomic mass is 9.97. The van der Waals surface area contributed by atoms with Crippen LogP contribution in [0.3, 0.4) is 0 Å². The third-order valence-electron chi connectivity index (χ3n) is 4.18. The first-order valence-corrected chi connectivity index (χ1v) is 9.03. The summed E-state index contributed by atoms with van der Waals surface area (Å²) in [5.74, 6) is 0.197. The largest absolute Gasteiger partial charge is 0.376 e. The Labute approximate surface area is 125 Å². The Bertz CT molecular complexity index is 468. The first-order valence-electron chi connectivity index (χ1n) is 9.17. The molecule has 0 radical (unpaired) electrons. The van der Waals surface area contributed by atoms with Gasteiger partial charge >= 0.3 is 7.60 Å². The standard InChI is InChI=1S/C14H25O5P/c1-10-5-7-17-14(10)13-4-3-9-20(15,19-13)18-12-6-8-16-11(12)2/h10-14H,3-9H2,1-2H3/t10-,11+,12-,13+,14-,20+/m0/s1/i2D,7T,8T/t7-,8-,10-,11+,12-,13+,14-,20+. The number of hydrogen-bond donors (Lipinski definition) is 0. The van der Waals surface area contributed by atoms with Crippen molar-refractivity contribution in [3.63, 3.8) is 0 Å². The predicted octanol–water partition coefficient (Wildman–Crippen LogP) is 2.98. The zero-order valence-corrected chi connectivity index (χ0v) is 12.7. The van der Waals surface area contributed by atoms with E-state index in [2.05, 4.69) is 0 Å². The lowest BCUT2D eigenvalue weighted by Gasteiger charge is -2.35. The van der Waals surface area contributed by atoms with Crippen molar-refractivity contribution in [3.8, 4) is 0 Å². The molecule has 8 atom stereocenters. The molecular weight excluding hydrogens is 279 g/mol. The van der Waals surface area contributed by atoms with Crippen LogP contribution >= 0.6 is 7.60 Å². The molecule has 3 aliphatic heterocycles. The highest BCUT2D eigenvalue weighted by atomic mass is 31.2. The van der Waals surface area contributed by atoms with Gasteiger partial charge in [-0.1, -0.05) is 6.92 Å². The molecule has 0 aromatic carbocycles. The average Bonchev–Trinajstić information content (AvgIpc) is 3.00. The molecule has 0 aromatic rings. The summed E-state index contributed by atoms with van der Waals surface area (Å²) in [6, 6.07) is 0. The van der Waals surface area contributed by atoms with Crippen LogP contribution in [0, 0.1) is 5.92 Å². The third kappa shape index (κ3) is 3.12. The lowest BCUT2D eigenvalue weighted by molar-refractivity contribution is -0.0278. The summed E-state index contributed by atoms with van der Waals surface area (Å²) in [6.07, 6.45) is 1.21. The van der Waals surface area contributed by atoms with Crippen LogP contribution in [-0.2, 0) is 23.1 Å². The van der Waals surface area contributed by atoms with E-state index in [1.807, 2.05) is 6.92 Å². The van der Waals surface area contributed by atoms with Gasteiger partial charge in [-0.3, -0.25) is 4.57 Å². The summed E-state index contributed by atoms with van der Waals surface area (Å²) < 4.78 is 58.3. The fourth-order valence-electron chi connectivity index (χ4n) is 2.97. The third-order valence-corrected chi connectivity index (χ3v) is 6.22. The smallest absolute Gasteiger partial charge is 0.331 e. The molecule has 0 spiro atoms. The van der Waals surface area contributed by atoms with Crippen LogP contribution in [0.15, 0.2) is 0 Å². The van der Waals surface area contributed by atoms with Gasteiger partial charge in [0.05, 0.1) is 33.3 Å². The molecule has 0 bridgehead atoms. The van der Waals surface area contributed by atoms with E-state index in [1.54, 1.807) is 0 Å². The van der Waals surface area contributed by atoms with Gasteiger partial charge in [0, 0.05) is 21.0 Å². The van der Waals surface area contributed by atoms with E-state index in [-0.39, 0.29) is 25.0 Å². The van der Waals surface area contributed by atoms with Crippen molar-refractivity contribution in [2.75, 3.05) is 19.3 Å². The second-order valence-electron chi connectivity index (χ2n) is 5.82. The topological polar surface area (TPSA) is 54.0 Å². The SMILES string of the molecule is [2H]C[C@H]1O[C@@H]([3H])C[C@@H]1O[P@]1(=O)CCC[C@H]([C@H]2O[C@@H]([3H])C[C@@H]2C)O1. The molecule has 3 rings (SSSR count). The van der Waals surface area contributed by atoms with Crippen molar-refractivity contribution in [1.29, 1.82) is 0 Å². The number of ether oxygens (including phenoxy) is 2. The van der Waals surface area contributed by atoms with Gasteiger partial charge in [0.1, 0.15) is 0 Å². The zero-order chi connectivity index (χ0) is 16.6. The maximum atomic E-state index is 13.0. The van der Waals surface area contributed by atoms with Gasteiger partial charge in [0.2, 0.25) is 0 Å². The van der Waals surface area contributed by atoms with Crippen molar-refractivity contribution < 1.29 is 27.2 Å². The molecule has 5 nitrogen and oxygen atoms in total. The van der Waals surface area contributed by atoms with Gasteiger partial charge in [-0.05, 0) is 32.1 Å². The number of rotatable bonds is 3. The Morgan fingerprint density at radius 1 is 1.35 bits per heavy atom. The van der Waals surface area contributed by atoms with Crippen molar-refractivity contribution in [2.24, 2.45) is 5.92 Å². The molecule has 20 heavy (non-hydrogen) atoms. The van der Waals surface area contributed by atoms with E-state index in [1.165, 1.54) is 0 Å². The van der Waals surface area contributed by atoms with Crippen LogP contribution < -0.4 is 0 Å². The second kappa shape index (κ2) is 6.05. The Balaban J connectivity index is 1.64. The first-order chi connectivity index (χ1) is 10.9. The van der Waals surface area contributed by atoms with Gasteiger partial charge in [-0.2, -0.15) is 0 Å². The first kappa shape index (κ1) is 11.6. The summed E-state index contributed by atoms with van der Waals surface area (Å²) in [6.45, 7) is 0.729. The molecule has 0 N–H and O–H groups in total. The normalized spacial score (nSPS) is 59.0. The summed E-state index contributed by atoms with van der Waals surface area (Å²) >= 11 is 0. The molecule has 6 heteroatoms. The van der Waals surface area contributed by atoms with E-state index in [0.717, 1.165) is 12.8 Å². The molecule has 3 aliphatic rings. The van der Waals surface area contributed by atoms with Gasteiger partial charge in [0.25, 0.3) is 0 Å². The van der Waals surface area contributed by atoms with Gasteiger partial charge in [-0.25, -0.2) is 0 Å². The fraction of sp³-hybridized carbons (Fsp3) is 1.00.